The number of fused-ring (bicyclic) bond motifs is 1. The molecule has 0 atom stereocenters. The summed E-state index contributed by atoms with van der Waals surface area (Å²) >= 11 is 1.71. The van der Waals surface area contributed by atoms with Crippen LogP contribution in [0.5, 0.6) is 11.5 Å². The standard InChI is InChI=1S/C17H20N2O2S/c1-20-13-8-6-12(15(11-13)21-2)7-9-16-19-14-5-3-4-10-18-17(14)22-16/h6-9,11,18H,3-5,10H2,1-2H3/b9-7+. The molecule has 5 heteroatoms. The van der Waals surface area contributed by atoms with E-state index in [-0.39, 0.29) is 0 Å². The molecular weight excluding hydrogens is 296 g/mol. The van der Waals surface area contributed by atoms with Crippen molar-refractivity contribution in [3.8, 4) is 11.5 Å². The first-order valence-corrected chi connectivity index (χ1v) is 8.25. The smallest absolute Gasteiger partial charge is 0.129 e. The number of hydrogen-bond acceptors (Lipinski definition) is 5. The van der Waals surface area contributed by atoms with Crippen LogP contribution in [0.3, 0.4) is 0 Å². The molecule has 1 aromatic carbocycles. The molecule has 0 saturated heterocycles. The van der Waals surface area contributed by atoms with Gasteiger partial charge in [-0.3, -0.25) is 0 Å². The van der Waals surface area contributed by atoms with Crippen molar-refractivity contribution in [3.63, 3.8) is 0 Å². The van der Waals surface area contributed by atoms with E-state index in [9.17, 15) is 0 Å². The topological polar surface area (TPSA) is 43.4 Å². The van der Waals surface area contributed by atoms with Crippen LogP contribution in [-0.2, 0) is 6.42 Å². The second-order valence-corrected chi connectivity index (χ2v) is 6.18. The van der Waals surface area contributed by atoms with Crippen molar-refractivity contribution in [3.05, 3.63) is 34.5 Å². The largest absolute Gasteiger partial charge is 0.497 e. The number of aromatic nitrogens is 1. The lowest BCUT2D eigenvalue weighted by molar-refractivity contribution is 0.394. The average Bonchev–Trinajstić information content (AvgIpc) is 2.82. The second-order valence-electron chi connectivity index (χ2n) is 5.15. The Hall–Kier alpha value is -2.01. The molecule has 3 rings (SSSR count). The quantitative estimate of drug-likeness (QED) is 0.923. The summed E-state index contributed by atoms with van der Waals surface area (Å²) in [5.41, 5.74) is 2.21. The number of benzene rings is 1. The highest BCUT2D eigenvalue weighted by atomic mass is 32.1. The Morgan fingerprint density at radius 3 is 2.91 bits per heavy atom. The summed E-state index contributed by atoms with van der Waals surface area (Å²) in [5.74, 6) is 1.59. The van der Waals surface area contributed by atoms with Crippen molar-refractivity contribution in [2.24, 2.45) is 0 Å². The van der Waals surface area contributed by atoms with Gasteiger partial charge in [0.2, 0.25) is 0 Å². The molecule has 4 nitrogen and oxygen atoms in total. The van der Waals surface area contributed by atoms with Gasteiger partial charge in [-0.15, -0.1) is 0 Å². The maximum absolute atomic E-state index is 5.41. The zero-order valence-electron chi connectivity index (χ0n) is 12.9. The van der Waals surface area contributed by atoms with Crippen molar-refractivity contribution < 1.29 is 9.47 Å². The Morgan fingerprint density at radius 2 is 2.09 bits per heavy atom. The summed E-state index contributed by atoms with van der Waals surface area (Å²) in [6.45, 7) is 1.05. The molecule has 0 saturated carbocycles. The van der Waals surface area contributed by atoms with Gasteiger partial charge >= 0.3 is 0 Å². The molecule has 0 radical (unpaired) electrons. The van der Waals surface area contributed by atoms with Gasteiger partial charge < -0.3 is 14.8 Å². The molecule has 2 heterocycles. The van der Waals surface area contributed by atoms with Gasteiger partial charge in [-0.25, -0.2) is 4.98 Å². The van der Waals surface area contributed by atoms with E-state index in [0.29, 0.717) is 0 Å². The van der Waals surface area contributed by atoms with Crippen molar-refractivity contribution in [2.75, 3.05) is 26.1 Å². The van der Waals surface area contributed by atoms with Crippen molar-refractivity contribution in [1.82, 2.24) is 4.98 Å². The summed E-state index contributed by atoms with van der Waals surface area (Å²) in [6, 6.07) is 5.81. The molecule has 0 unspecified atom stereocenters. The van der Waals surface area contributed by atoms with Crippen LogP contribution in [-0.4, -0.2) is 25.7 Å². The van der Waals surface area contributed by atoms with Crippen LogP contribution >= 0.6 is 11.3 Å². The molecule has 2 aromatic rings. The number of ether oxygens (including phenoxy) is 2. The molecule has 0 bridgehead atoms. The summed E-state index contributed by atoms with van der Waals surface area (Å²) in [4.78, 5) is 4.72. The Balaban J connectivity index is 1.82. The number of rotatable bonds is 4. The Labute approximate surface area is 134 Å². The van der Waals surface area contributed by atoms with Crippen LogP contribution in [0.25, 0.3) is 12.2 Å². The minimum atomic E-state index is 0.791. The zero-order valence-corrected chi connectivity index (χ0v) is 13.7. The van der Waals surface area contributed by atoms with Crippen molar-refractivity contribution in [2.45, 2.75) is 19.3 Å². The summed E-state index contributed by atoms with van der Waals surface area (Å²) < 4.78 is 10.6. The molecule has 1 N–H and O–H groups in total. The Bertz CT molecular complexity index is 656. The van der Waals surface area contributed by atoms with Gasteiger partial charge in [0, 0.05) is 18.2 Å². The third-order valence-electron chi connectivity index (χ3n) is 3.69. The number of methoxy groups -OCH3 is 2. The maximum Gasteiger partial charge on any atom is 0.129 e. The normalized spacial score (nSPS) is 14.3. The number of anilines is 1. The van der Waals surface area contributed by atoms with E-state index in [1.165, 1.54) is 23.5 Å². The number of nitrogens with zero attached hydrogens (tertiary/aromatic N) is 1. The first kappa shape index (κ1) is 14.9. The van der Waals surface area contributed by atoms with Crippen LogP contribution in [0.4, 0.5) is 5.00 Å². The predicted octanol–water partition coefficient (Wildman–Crippen LogP) is 4.08. The third kappa shape index (κ3) is 3.25. The fourth-order valence-corrected chi connectivity index (χ4v) is 3.43. The van der Waals surface area contributed by atoms with Gasteiger partial charge in [0.1, 0.15) is 21.5 Å². The zero-order chi connectivity index (χ0) is 15.4. The minimum Gasteiger partial charge on any atom is -0.497 e. The minimum absolute atomic E-state index is 0.791. The van der Waals surface area contributed by atoms with E-state index in [4.69, 9.17) is 14.5 Å². The summed E-state index contributed by atoms with van der Waals surface area (Å²) in [5, 5.41) is 5.71. The van der Waals surface area contributed by atoms with Gasteiger partial charge in [0.15, 0.2) is 0 Å². The monoisotopic (exact) mass is 316 g/mol. The highest BCUT2D eigenvalue weighted by Crippen LogP contribution is 2.30. The molecule has 0 aliphatic carbocycles. The summed E-state index contributed by atoms with van der Waals surface area (Å²) in [6.07, 6.45) is 7.58. The molecule has 22 heavy (non-hydrogen) atoms. The van der Waals surface area contributed by atoms with Crippen molar-refractivity contribution >= 4 is 28.5 Å². The molecule has 0 amide bonds. The molecule has 1 aromatic heterocycles. The van der Waals surface area contributed by atoms with Crippen LogP contribution in [0.15, 0.2) is 18.2 Å². The number of nitrogens with one attached hydrogen (secondary N) is 1. The first-order chi connectivity index (χ1) is 10.8. The van der Waals surface area contributed by atoms with Crippen LogP contribution in [0, 0.1) is 0 Å². The average molecular weight is 316 g/mol. The second kappa shape index (κ2) is 6.83. The molecule has 0 fully saturated rings. The lowest BCUT2D eigenvalue weighted by Gasteiger charge is -2.06. The molecule has 1 aliphatic rings. The van der Waals surface area contributed by atoms with Gasteiger partial charge in [-0.1, -0.05) is 11.3 Å². The van der Waals surface area contributed by atoms with E-state index in [2.05, 4.69) is 5.32 Å². The Kier molecular flexibility index (Phi) is 4.63. The third-order valence-corrected chi connectivity index (χ3v) is 4.71. The number of aryl methyl sites for hydroxylation is 1. The molecule has 1 aliphatic heterocycles. The number of thiazole rings is 1. The van der Waals surface area contributed by atoms with E-state index in [1.54, 1.807) is 25.6 Å². The molecule has 116 valence electrons. The Morgan fingerprint density at radius 1 is 1.18 bits per heavy atom. The van der Waals surface area contributed by atoms with Gasteiger partial charge in [-0.2, -0.15) is 0 Å². The van der Waals surface area contributed by atoms with Gasteiger partial charge in [-0.05, 0) is 43.5 Å². The van der Waals surface area contributed by atoms with E-state index >= 15 is 0 Å². The van der Waals surface area contributed by atoms with Crippen LogP contribution in [0.1, 0.15) is 29.1 Å². The molecule has 0 spiro atoms. The van der Waals surface area contributed by atoms with E-state index in [1.807, 2.05) is 30.4 Å². The van der Waals surface area contributed by atoms with Crippen molar-refractivity contribution in [1.29, 1.82) is 0 Å². The summed E-state index contributed by atoms with van der Waals surface area (Å²) in [7, 11) is 3.32. The highest BCUT2D eigenvalue weighted by Gasteiger charge is 2.12. The SMILES string of the molecule is COc1ccc(/C=C/c2nc3c(s2)NCCCC3)c(OC)c1. The number of hydrogen-bond donors (Lipinski definition) is 1. The lowest BCUT2D eigenvalue weighted by Crippen LogP contribution is -1.96. The van der Waals surface area contributed by atoms with Crippen LogP contribution in [0.2, 0.25) is 0 Å². The van der Waals surface area contributed by atoms with E-state index < -0.39 is 0 Å². The maximum atomic E-state index is 5.41. The fourth-order valence-electron chi connectivity index (χ4n) is 2.49. The van der Waals surface area contributed by atoms with Gasteiger partial charge in [0.25, 0.3) is 0 Å². The predicted molar refractivity (Wildman–Crippen MR) is 92.0 cm³/mol. The first-order valence-electron chi connectivity index (χ1n) is 7.44. The van der Waals surface area contributed by atoms with Crippen LogP contribution < -0.4 is 14.8 Å². The highest BCUT2D eigenvalue weighted by molar-refractivity contribution is 7.16. The lowest BCUT2D eigenvalue weighted by atomic mass is 10.2. The van der Waals surface area contributed by atoms with E-state index in [0.717, 1.165) is 35.0 Å². The molecular formula is C17H20N2O2S. The van der Waals surface area contributed by atoms with Gasteiger partial charge in [0.05, 0.1) is 19.9 Å². The fraction of sp³-hybridized carbons (Fsp3) is 0.353.